The van der Waals surface area contributed by atoms with Crippen LogP contribution in [0.5, 0.6) is 0 Å². The highest BCUT2D eigenvalue weighted by Gasteiger charge is 2.38. The summed E-state index contributed by atoms with van der Waals surface area (Å²) in [5.41, 5.74) is 10.5. The summed E-state index contributed by atoms with van der Waals surface area (Å²) >= 11 is 0. The third kappa shape index (κ3) is 1.92. The van der Waals surface area contributed by atoms with Crippen LogP contribution < -0.4 is 16.9 Å². The summed E-state index contributed by atoms with van der Waals surface area (Å²) in [6, 6.07) is 0. The Kier molecular flexibility index (Phi) is 1.99. The van der Waals surface area contributed by atoms with Gasteiger partial charge in [-0.05, 0) is 13.0 Å². The molecule has 0 aromatic rings. The summed E-state index contributed by atoms with van der Waals surface area (Å²) < 4.78 is 36.2. The van der Waals surface area contributed by atoms with Crippen molar-refractivity contribution in [3.05, 3.63) is 11.8 Å². The zero-order chi connectivity index (χ0) is 10.3. The number of allylic oxidation sites excluding steroid dienone is 1. The highest BCUT2D eigenvalue weighted by Crippen LogP contribution is 2.21. The average molecular weight is 194 g/mol. The van der Waals surface area contributed by atoms with Crippen LogP contribution in [0.1, 0.15) is 6.92 Å². The summed E-state index contributed by atoms with van der Waals surface area (Å²) in [4.78, 5) is 0. The molecule has 0 radical (unpaired) electrons. The first kappa shape index (κ1) is 9.85. The van der Waals surface area contributed by atoms with Gasteiger partial charge in [-0.15, -0.1) is 0 Å². The Morgan fingerprint density at radius 2 is 2.08 bits per heavy atom. The van der Waals surface area contributed by atoms with Crippen LogP contribution in [0.3, 0.4) is 0 Å². The average Bonchev–Trinajstić information content (AvgIpc) is 1.92. The van der Waals surface area contributed by atoms with Crippen molar-refractivity contribution in [3.8, 4) is 0 Å². The van der Waals surface area contributed by atoms with Crippen LogP contribution in [-0.4, -0.2) is 17.6 Å². The number of halogens is 3. The van der Waals surface area contributed by atoms with Crippen molar-refractivity contribution < 1.29 is 13.2 Å². The molecule has 1 heterocycles. The summed E-state index contributed by atoms with van der Waals surface area (Å²) in [5, 5.41) is 3.06. The van der Waals surface area contributed by atoms with Crippen LogP contribution in [0.15, 0.2) is 16.9 Å². The molecule has 0 aromatic carbocycles. The first-order valence-electron chi connectivity index (χ1n) is 3.42. The lowest BCUT2D eigenvalue weighted by Gasteiger charge is -2.28. The molecule has 0 saturated carbocycles. The van der Waals surface area contributed by atoms with Gasteiger partial charge in [-0.25, -0.2) is 0 Å². The van der Waals surface area contributed by atoms with E-state index < -0.39 is 17.6 Å². The molecule has 0 saturated heterocycles. The quantitative estimate of drug-likeness (QED) is 0.509. The van der Waals surface area contributed by atoms with Gasteiger partial charge in [0.25, 0.3) is 0 Å². The van der Waals surface area contributed by atoms with Gasteiger partial charge in [0.15, 0.2) is 5.71 Å². The Labute approximate surface area is 72.5 Å². The van der Waals surface area contributed by atoms with Gasteiger partial charge in [0, 0.05) is 0 Å². The zero-order valence-electron chi connectivity index (χ0n) is 6.81. The second-order valence-corrected chi connectivity index (χ2v) is 2.91. The maximum Gasteiger partial charge on any atom is 0.435 e. The predicted molar refractivity (Wildman–Crippen MR) is 41.5 cm³/mol. The Hall–Kier alpha value is -1.24. The maximum atomic E-state index is 12.1. The number of hydrazone groups is 1. The summed E-state index contributed by atoms with van der Waals surface area (Å²) in [7, 11) is 0. The van der Waals surface area contributed by atoms with E-state index in [-0.39, 0.29) is 5.70 Å². The minimum atomic E-state index is -4.51. The van der Waals surface area contributed by atoms with Crippen LogP contribution >= 0.6 is 0 Å². The molecule has 4 nitrogen and oxygen atoms in total. The van der Waals surface area contributed by atoms with E-state index in [2.05, 4.69) is 10.5 Å². The molecule has 0 aliphatic carbocycles. The van der Waals surface area contributed by atoms with E-state index in [4.69, 9.17) is 11.5 Å². The fourth-order valence-corrected chi connectivity index (χ4v) is 0.716. The third-order valence-electron chi connectivity index (χ3n) is 1.59. The second-order valence-electron chi connectivity index (χ2n) is 2.91. The molecule has 1 aliphatic heterocycles. The molecule has 1 atom stereocenters. The van der Waals surface area contributed by atoms with Gasteiger partial charge in [-0.1, -0.05) is 0 Å². The summed E-state index contributed by atoms with van der Waals surface area (Å²) in [6.07, 6.45) is -3.79. The molecule has 5 N–H and O–H groups in total. The van der Waals surface area contributed by atoms with Crippen molar-refractivity contribution >= 4 is 5.71 Å². The van der Waals surface area contributed by atoms with E-state index >= 15 is 0 Å². The number of hydrogen-bond donors (Lipinski definition) is 3. The predicted octanol–water partition coefficient (Wildman–Crippen LogP) is 0.0254. The van der Waals surface area contributed by atoms with Crippen LogP contribution in [0.4, 0.5) is 13.2 Å². The SMILES string of the molecule is CC1(N)NN=C(C(F)(F)F)C=C1N. The summed E-state index contributed by atoms with van der Waals surface area (Å²) in [6.45, 7) is 1.43. The Morgan fingerprint density at radius 1 is 1.54 bits per heavy atom. The largest absolute Gasteiger partial charge is 0.435 e. The highest BCUT2D eigenvalue weighted by atomic mass is 19.4. The number of nitrogens with one attached hydrogen (secondary N) is 1. The van der Waals surface area contributed by atoms with Crippen molar-refractivity contribution in [1.29, 1.82) is 0 Å². The molecule has 0 spiro atoms. The van der Waals surface area contributed by atoms with Crippen molar-refractivity contribution in [1.82, 2.24) is 5.43 Å². The molecule has 0 aromatic heterocycles. The maximum absolute atomic E-state index is 12.1. The van der Waals surface area contributed by atoms with Gasteiger partial charge in [0.1, 0.15) is 5.66 Å². The van der Waals surface area contributed by atoms with Crippen molar-refractivity contribution in [2.45, 2.75) is 18.8 Å². The third-order valence-corrected chi connectivity index (χ3v) is 1.59. The van der Waals surface area contributed by atoms with Gasteiger partial charge < -0.3 is 11.5 Å². The normalized spacial score (nSPS) is 29.0. The Balaban J connectivity index is 2.95. The number of hydrogen-bond acceptors (Lipinski definition) is 4. The molecule has 13 heavy (non-hydrogen) atoms. The van der Waals surface area contributed by atoms with Gasteiger partial charge in [-0.3, -0.25) is 5.43 Å². The van der Waals surface area contributed by atoms with E-state index in [1.807, 2.05) is 0 Å². The minimum absolute atomic E-state index is 0.102. The zero-order valence-corrected chi connectivity index (χ0v) is 6.81. The summed E-state index contributed by atoms with van der Waals surface area (Å²) in [5.74, 6) is 0. The Morgan fingerprint density at radius 3 is 2.46 bits per heavy atom. The molecule has 1 unspecified atom stereocenters. The van der Waals surface area contributed by atoms with E-state index in [1.54, 1.807) is 0 Å². The topological polar surface area (TPSA) is 76.4 Å². The monoisotopic (exact) mass is 194 g/mol. The van der Waals surface area contributed by atoms with Gasteiger partial charge in [0.2, 0.25) is 0 Å². The molecule has 7 heteroatoms. The number of rotatable bonds is 0. The van der Waals surface area contributed by atoms with Crippen molar-refractivity contribution in [2.75, 3.05) is 0 Å². The van der Waals surface area contributed by atoms with Gasteiger partial charge in [-0.2, -0.15) is 18.3 Å². The van der Waals surface area contributed by atoms with Gasteiger partial charge >= 0.3 is 6.18 Å². The van der Waals surface area contributed by atoms with Crippen LogP contribution in [0, 0.1) is 0 Å². The molecule has 0 amide bonds. The van der Waals surface area contributed by atoms with E-state index in [0.717, 1.165) is 6.08 Å². The highest BCUT2D eigenvalue weighted by molar-refractivity contribution is 6.00. The van der Waals surface area contributed by atoms with E-state index in [9.17, 15) is 13.2 Å². The lowest BCUT2D eigenvalue weighted by molar-refractivity contribution is -0.0585. The lowest BCUT2D eigenvalue weighted by atomic mass is 10.1. The van der Waals surface area contributed by atoms with Gasteiger partial charge in [0.05, 0.1) is 5.70 Å². The molecule has 0 bridgehead atoms. The first-order valence-corrected chi connectivity index (χ1v) is 3.42. The molecule has 1 rings (SSSR count). The lowest BCUT2D eigenvalue weighted by Crippen LogP contribution is -2.55. The van der Waals surface area contributed by atoms with Crippen molar-refractivity contribution in [2.24, 2.45) is 16.6 Å². The first-order chi connectivity index (χ1) is 5.73. The molecular weight excluding hydrogens is 185 g/mol. The number of alkyl halides is 3. The standard InChI is InChI=1S/C6H9F3N4/c1-5(11)3(10)2-4(12-13-5)6(7,8)9/h2,13H,10-11H2,1H3. The van der Waals surface area contributed by atoms with E-state index in [1.165, 1.54) is 6.92 Å². The van der Waals surface area contributed by atoms with Crippen LogP contribution in [0.2, 0.25) is 0 Å². The fourth-order valence-electron chi connectivity index (χ4n) is 0.716. The molecular formula is C6H9F3N4. The number of nitrogens with zero attached hydrogens (tertiary/aromatic N) is 1. The number of nitrogens with two attached hydrogens (primary N) is 2. The van der Waals surface area contributed by atoms with Crippen molar-refractivity contribution in [3.63, 3.8) is 0 Å². The second kappa shape index (κ2) is 2.63. The molecule has 0 fully saturated rings. The molecule has 1 aliphatic rings. The van der Waals surface area contributed by atoms with Crippen LogP contribution in [0.25, 0.3) is 0 Å². The minimum Gasteiger partial charge on any atom is -0.399 e. The fraction of sp³-hybridized carbons (Fsp3) is 0.500. The van der Waals surface area contributed by atoms with Crippen LogP contribution in [-0.2, 0) is 0 Å². The smallest absolute Gasteiger partial charge is 0.399 e. The Bertz CT molecular complexity index is 276. The van der Waals surface area contributed by atoms with E-state index in [0.29, 0.717) is 0 Å². The molecule has 74 valence electrons.